The van der Waals surface area contributed by atoms with Crippen LogP contribution < -0.4 is 11.1 Å². The zero-order valence-electron chi connectivity index (χ0n) is 12.9. The van der Waals surface area contributed by atoms with Crippen molar-refractivity contribution in [2.75, 3.05) is 11.5 Å². The van der Waals surface area contributed by atoms with Crippen molar-refractivity contribution >= 4 is 17.7 Å². The molecule has 1 saturated carbocycles. The third-order valence-corrected chi connectivity index (χ3v) is 5.30. The molecule has 1 rings (SSSR count). The van der Waals surface area contributed by atoms with Crippen molar-refractivity contribution < 1.29 is 4.79 Å². The van der Waals surface area contributed by atoms with Crippen LogP contribution in [0, 0.1) is 11.8 Å². The number of primary amides is 1. The molecule has 19 heavy (non-hydrogen) atoms. The lowest BCUT2D eigenvalue weighted by atomic mass is 9.83. The van der Waals surface area contributed by atoms with E-state index < -0.39 is 5.54 Å². The summed E-state index contributed by atoms with van der Waals surface area (Å²) in [6, 6.07) is 0.302. The quantitative estimate of drug-likeness (QED) is 0.675. The van der Waals surface area contributed by atoms with Crippen molar-refractivity contribution in [1.82, 2.24) is 5.32 Å². The fourth-order valence-corrected chi connectivity index (χ4v) is 4.20. The predicted molar refractivity (Wildman–Crippen MR) is 84.3 cm³/mol. The Labute approximate surface area is 122 Å². The Morgan fingerprint density at radius 2 is 2.11 bits per heavy atom. The molecule has 0 radical (unpaired) electrons. The molecule has 0 heterocycles. The van der Waals surface area contributed by atoms with Gasteiger partial charge in [-0.2, -0.15) is 11.8 Å². The smallest absolute Gasteiger partial charge is 0.238 e. The number of nitrogens with one attached hydrogen (secondary N) is 1. The molecule has 1 fully saturated rings. The Bertz CT molecular complexity index is 294. The summed E-state index contributed by atoms with van der Waals surface area (Å²) in [6.45, 7) is 8.67. The molecule has 0 aromatic rings. The van der Waals surface area contributed by atoms with Crippen molar-refractivity contribution in [3.05, 3.63) is 0 Å². The average Bonchev–Trinajstić information content (AvgIpc) is 2.67. The number of nitrogens with two attached hydrogens (primary N) is 1. The van der Waals surface area contributed by atoms with Gasteiger partial charge in [-0.25, -0.2) is 0 Å². The van der Waals surface area contributed by atoms with Crippen LogP contribution >= 0.6 is 11.8 Å². The number of carbonyl (C=O) groups is 1. The molecule has 1 aliphatic rings. The molecule has 3 nitrogen and oxygen atoms in total. The van der Waals surface area contributed by atoms with E-state index in [1.807, 2.05) is 11.8 Å². The van der Waals surface area contributed by atoms with Crippen LogP contribution in [0.15, 0.2) is 0 Å². The Hall–Kier alpha value is -0.220. The molecule has 0 saturated heterocycles. The maximum atomic E-state index is 12.0. The van der Waals surface area contributed by atoms with Gasteiger partial charge in [0.25, 0.3) is 0 Å². The van der Waals surface area contributed by atoms with E-state index in [4.69, 9.17) is 5.73 Å². The van der Waals surface area contributed by atoms with Gasteiger partial charge in [0.1, 0.15) is 5.54 Å². The van der Waals surface area contributed by atoms with E-state index in [1.54, 1.807) is 0 Å². The van der Waals surface area contributed by atoms with E-state index in [1.165, 1.54) is 5.75 Å². The lowest BCUT2D eigenvalue weighted by molar-refractivity contribution is -0.126. The zero-order chi connectivity index (χ0) is 14.5. The van der Waals surface area contributed by atoms with Crippen LogP contribution in [0.25, 0.3) is 0 Å². The molecule has 1 aliphatic carbocycles. The highest BCUT2D eigenvalue weighted by molar-refractivity contribution is 7.99. The van der Waals surface area contributed by atoms with Crippen LogP contribution in [0.4, 0.5) is 0 Å². The maximum Gasteiger partial charge on any atom is 0.238 e. The largest absolute Gasteiger partial charge is 0.368 e. The number of hydrogen-bond acceptors (Lipinski definition) is 3. The van der Waals surface area contributed by atoms with Gasteiger partial charge in [-0.05, 0) is 56.5 Å². The van der Waals surface area contributed by atoms with E-state index in [9.17, 15) is 4.79 Å². The first kappa shape index (κ1) is 16.8. The van der Waals surface area contributed by atoms with Gasteiger partial charge in [-0.15, -0.1) is 0 Å². The molecule has 0 bridgehead atoms. The molecular formula is C15H30N2OS. The van der Waals surface area contributed by atoms with Crippen LogP contribution in [0.2, 0.25) is 0 Å². The van der Waals surface area contributed by atoms with Crippen molar-refractivity contribution in [2.24, 2.45) is 17.6 Å². The predicted octanol–water partition coefficient (Wildman–Crippen LogP) is 2.79. The van der Waals surface area contributed by atoms with Crippen LogP contribution in [-0.4, -0.2) is 29.0 Å². The highest BCUT2D eigenvalue weighted by Crippen LogP contribution is 2.39. The molecule has 3 N–H and O–H groups in total. The number of thioether (sulfide) groups is 1. The summed E-state index contributed by atoms with van der Waals surface area (Å²) in [5.74, 6) is 3.33. The second kappa shape index (κ2) is 7.53. The second-order valence-corrected chi connectivity index (χ2v) is 7.63. The molecule has 4 heteroatoms. The first-order valence-corrected chi connectivity index (χ1v) is 8.69. The summed E-state index contributed by atoms with van der Waals surface area (Å²) < 4.78 is 0. The highest BCUT2D eigenvalue weighted by atomic mass is 32.2. The number of rotatable bonds is 8. The van der Waals surface area contributed by atoms with Gasteiger partial charge in [0.2, 0.25) is 5.91 Å². The van der Waals surface area contributed by atoms with Gasteiger partial charge in [0, 0.05) is 6.04 Å². The summed E-state index contributed by atoms with van der Waals surface area (Å²) in [5.41, 5.74) is 5.26. The maximum absolute atomic E-state index is 12.0. The van der Waals surface area contributed by atoms with Gasteiger partial charge >= 0.3 is 0 Å². The number of hydrogen-bond donors (Lipinski definition) is 2. The van der Waals surface area contributed by atoms with Gasteiger partial charge in [0.15, 0.2) is 0 Å². The van der Waals surface area contributed by atoms with Gasteiger partial charge in [-0.3, -0.25) is 4.79 Å². The summed E-state index contributed by atoms with van der Waals surface area (Å²) in [4.78, 5) is 12.0. The van der Waals surface area contributed by atoms with Crippen molar-refractivity contribution in [3.63, 3.8) is 0 Å². The molecule has 2 unspecified atom stereocenters. The minimum Gasteiger partial charge on any atom is -0.368 e. The van der Waals surface area contributed by atoms with Crippen LogP contribution in [0.1, 0.15) is 53.4 Å². The van der Waals surface area contributed by atoms with Gasteiger partial charge < -0.3 is 11.1 Å². The van der Waals surface area contributed by atoms with E-state index in [0.717, 1.165) is 37.4 Å². The minimum atomic E-state index is -0.452. The standard InChI is InChI=1S/C15H30N2OS/c1-11(2)10-19-9-7-13-6-5-8-15(13,14(16)18)17-12(3)4/h11-13,17H,5-10H2,1-4H3,(H2,16,18). The van der Waals surface area contributed by atoms with Crippen molar-refractivity contribution in [1.29, 1.82) is 0 Å². The summed E-state index contributed by atoms with van der Waals surface area (Å²) in [5, 5.41) is 3.47. The van der Waals surface area contributed by atoms with Crippen molar-refractivity contribution in [2.45, 2.75) is 65.0 Å². The highest BCUT2D eigenvalue weighted by Gasteiger charge is 2.47. The number of carbonyl (C=O) groups excluding carboxylic acids is 1. The molecule has 0 aromatic heterocycles. The topological polar surface area (TPSA) is 55.1 Å². The Kier molecular flexibility index (Phi) is 6.67. The lowest BCUT2D eigenvalue weighted by Crippen LogP contribution is -2.60. The number of amides is 1. The Balaban J connectivity index is 2.56. The lowest BCUT2D eigenvalue weighted by Gasteiger charge is -2.35. The first-order chi connectivity index (χ1) is 8.88. The van der Waals surface area contributed by atoms with Crippen molar-refractivity contribution in [3.8, 4) is 0 Å². The summed E-state index contributed by atoms with van der Waals surface area (Å²) in [7, 11) is 0. The van der Waals surface area contributed by atoms with E-state index >= 15 is 0 Å². The second-order valence-electron chi connectivity index (χ2n) is 6.48. The molecular weight excluding hydrogens is 256 g/mol. The zero-order valence-corrected chi connectivity index (χ0v) is 13.7. The van der Waals surface area contributed by atoms with Crippen LogP contribution in [0.5, 0.6) is 0 Å². The van der Waals surface area contributed by atoms with Crippen LogP contribution in [-0.2, 0) is 4.79 Å². The average molecular weight is 286 g/mol. The normalized spacial score (nSPS) is 27.4. The Morgan fingerprint density at radius 1 is 1.42 bits per heavy atom. The fraction of sp³-hybridized carbons (Fsp3) is 0.933. The third-order valence-electron chi connectivity index (χ3n) is 3.87. The molecule has 0 aliphatic heterocycles. The molecule has 0 spiro atoms. The SMILES string of the molecule is CC(C)CSCCC1CCCC1(NC(C)C)C(N)=O. The third kappa shape index (κ3) is 4.67. The van der Waals surface area contributed by atoms with E-state index in [0.29, 0.717) is 12.0 Å². The van der Waals surface area contributed by atoms with Crippen LogP contribution in [0.3, 0.4) is 0 Å². The first-order valence-electron chi connectivity index (χ1n) is 7.54. The Morgan fingerprint density at radius 3 is 2.63 bits per heavy atom. The molecule has 1 amide bonds. The fourth-order valence-electron chi connectivity index (χ4n) is 3.11. The molecule has 0 aromatic carbocycles. The molecule has 112 valence electrons. The van der Waals surface area contributed by atoms with Gasteiger partial charge in [-0.1, -0.05) is 20.3 Å². The van der Waals surface area contributed by atoms with Gasteiger partial charge in [0.05, 0.1) is 0 Å². The minimum absolute atomic E-state index is 0.155. The monoisotopic (exact) mass is 286 g/mol. The van der Waals surface area contributed by atoms with E-state index in [2.05, 4.69) is 33.0 Å². The summed E-state index contributed by atoms with van der Waals surface area (Å²) in [6.07, 6.45) is 4.24. The summed E-state index contributed by atoms with van der Waals surface area (Å²) >= 11 is 2.00. The van der Waals surface area contributed by atoms with E-state index in [-0.39, 0.29) is 5.91 Å². The molecule has 2 atom stereocenters.